The summed E-state index contributed by atoms with van der Waals surface area (Å²) >= 11 is 6.53. The van der Waals surface area contributed by atoms with Gasteiger partial charge in [-0.05, 0) is 74.2 Å². The van der Waals surface area contributed by atoms with Gasteiger partial charge in [-0.25, -0.2) is 9.69 Å². The number of imide groups is 2. The van der Waals surface area contributed by atoms with E-state index in [2.05, 4.69) is 11.4 Å². The van der Waals surface area contributed by atoms with Gasteiger partial charge in [0.1, 0.15) is 12.2 Å². The molecular formula is C29H27ClN2O5. The van der Waals surface area contributed by atoms with Crippen LogP contribution in [-0.2, 0) is 16.2 Å². The van der Waals surface area contributed by atoms with Crippen molar-refractivity contribution < 1.29 is 23.9 Å². The number of hydrogen-bond donors (Lipinski definition) is 1. The van der Waals surface area contributed by atoms with Crippen LogP contribution in [-0.4, -0.2) is 25.0 Å². The van der Waals surface area contributed by atoms with Crippen molar-refractivity contribution in [1.82, 2.24) is 5.32 Å². The fourth-order valence-electron chi connectivity index (χ4n) is 4.27. The monoisotopic (exact) mass is 518 g/mol. The average Bonchev–Trinajstić information content (AvgIpc) is 2.82. The van der Waals surface area contributed by atoms with Crippen LogP contribution in [0.15, 0.2) is 54.1 Å². The van der Waals surface area contributed by atoms with E-state index in [0.29, 0.717) is 22.7 Å². The molecule has 0 aliphatic carbocycles. The summed E-state index contributed by atoms with van der Waals surface area (Å²) in [5, 5.41) is 2.50. The lowest BCUT2D eigenvalue weighted by Gasteiger charge is -2.27. The number of ether oxygens (including phenoxy) is 2. The number of benzene rings is 3. The van der Waals surface area contributed by atoms with Crippen LogP contribution in [0.3, 0.4) is 0 Å². The van der Waals surface area contributed by atoms with Crippen LogP contribution in [0, 0.1) is 27.7 Å². The molecule has 37 heavy (non-hydrogen) atoms. The van der Waals surface area contributed by atoms with Gasteiger partial charge in [-0.2, -0.15) is 0 Å². The summed E-state index contributed by atoms with van der Waals surface area (Å²) in [5.41, 5.74) is 5.48. The van der Waals surface area contributed by atoms with Crippen LogP contribution in [0.4, 0.5) is 10.5 Å². The first kappa shape index (κ1) is 26.0. The zero-order chi connectivity index (χ0) is 26.9. The van der Waals surface area contributed by atoms with Gasteiger partial charge in [-0.1, -0.05) is 53.1 Å². The minimum Gasteiger partial charge on any atom is -0.493 e. The molecule has 0 unspecified atom stereocenters. The average molecular weight is 519 g/mol. The van der Waals surface area contributed by atoms with Crippen molar-refractivity contribution in [2.45, 2.75) is 34.3 Å². The van der Waals surface area contributed by atoms with E-state index in [1.807, 2.05) is 45.0 Å². The first-order valence-corrected chi connectivity index (χ1v) is 12.0. The number of urea groups is 1. The van der Waals surface area contributed by atoms with Gasteiger partial charge in [0.25, 0.3) is 11.8 Å². The first-order valence-electron chi connectivity index (χ1n) is 11.6. The van der Waals surface area contributed by atoms with E-state index < -0.39 is 17.8 Å². The Morgan fingerprint density at radius 1 is 0.919 bits per heavy atom. The highest BCUT2D eigenvalue weighted by atomic mass is 35.5. The van der Waals surface area contributed by atoms with Gasteiger partial charge in [0, 0.05) is 0 Å². The Kier molecular flexibility index (Phi) is 7.36. The highest BCUT2D eigenvalue weighted by molar-refractivity contribution is 6.39. The molecule has 0 aromatic heterocycles. The van der Waals surface area contributed by atoms with E-state index in [0.717, 1.165) is 32.7 Å². The maximum absolute atomic E-state index is 13.3. The summed E-state index contributed by atoms with van der Waals surface area (Å²) in [6, 6.07) is 14.0. The summed E-state index contributed by atoms with van der Waals surface area (Å²) in [6.07, 6.45) is 1.38. The van der Waals surface area contributed by atoms with Crippen LogP contribution in [0.25, 0.3) is 6.08 Å². The maximum Gasteiger partial charge on any atom is 0.335 e. The smallest absolute Gasteiger partial charge is 0.335 e. The predicted molar refractivity (Wildman–Crippen MR) is 143 cm³/mol. The van der Waals surface area contributed by atoms with Crippen LogP contribution in [0.5, 0.6) is 11.5 Å². The largest absolute Gasteiger partial charge is 0.493 e. The molecule has 1 aliphatic heterocycles. The van der Waals surface area contributed by atoms with Crippen LogP contribution < -0.4 is 19.7 Å². The van der Waals surface area contributed by atoms with Crippen molar-refractivity contribution in [3.63, 3.8) is 0 Å². The Hall–Kier alpha value is -4.10. The second-order valence-electron chi connectivity index (χ2n) is 9.07. The van der Waals surface area contributed by atoms with Gasteiger partial charge in [-0.3, -0.25) is 14.9 Å². The van der Waals surface area contributed by atoms with Crippen molar-refractivity contribution in [2.75, 3.05) is 12.0 Å². The van der Waals surface area contributed by atoms with Crippen molar-refractivity contribution in [2.24, 2.45) is 0 Å². The predicted octanol–water partition coefficient (Wildman–Crippen LogP) is 5.83. The summed E-state index contributed by atoms with van der Waals surface area (Å²) in [6.45, 7) is 7.96. The zero-order valence-electron chi connectivity index (χ0n) is 21.3. The molecule has 3 aromatic rings. The van der Waals surface area contributed by atoms with Gasteiger partial charge in [-0.15, -0.1) is 0 Å². The molecular weight excluding hydrogens is 492 g/mol. The van der Waals surface area contributed by atoms with E-state index >= 15 is 0 Å². The van der Waals surface area contributed by atoms with Crippen LogP contribution in [0.1, 0.15) is 33.4 Å². The van der Waals surface area contributed by atoms with E-state index in [9.17, 15) is 14.4 Å². The number of aryl methyl sites for hydroxylation is 4. The fourth-order valence-corrected chi connectivity index (χ4v) is 4.55. The number of hydrogen-bond acceptors (Lipinski definition) is 5. The molecule has 1 aliphatic rings. The Bertz CT molecular complexity index is 1440. The third-order valence-corrected chi connectivity index (χ3v) is 6.22. The summed E-state index contributed by atoms with van der Waals surface area (Å²) in [7, 11) is 1.48. The second-order valence-corrected chi connectivity index (χ2v) is 9.47. The molecule has 0 atom stereocenters. The van der Waals surface area contributed by atoms with E-state index in [1.54, 1.807) is 25.1 Å². The molecule has 0 spiro atoms. The number of methoxy groups -OCH3 is 1. The van der Waals surface area contributed by atoms with Crippen molar-refractivity contribution >= 4 is 41.2 Å². The Morgan fingerprint density at radius 2 is 1.62 bits per heavy atom. The Labute approximate surface area is 220 Å². The zero-order valence-corrected chi connectivity index (χ0v) is 22.0. The van der Waals surface area contributed by atoms with Gasteiger partial charge in [0.15, 0.2) is 11.5 Å². The molecule has 3 aromatic carbocycles. The lowest BCUT2D eigenvalue weighted by atomic mass is 10.0. The number of amides is 4. The molecule has 7 nitrogen and oxygen atoms in total. The molecule has 4 amide bonds. The molecule has 1 heterocycles. The number of nitrogens with one attached hydrogen (secondary N) is 1. The number of carbonyl (C=O) groups excluding carboxylic acids is 3. The minimum atomic E-state index is -0.799. The topological polar surface area (TPSA) is 84.9 Å². The van der Waals surface area contributed by atoms with Gasteiger partial charge < -0.3 is 9.47 Å². The van der Waals surface area contributed by atoms with E-state index in [1.165, 1.54) is 13.2 Å². The van der Waals surface area contributed by atoms with Crippen LogP contribution >= 0.6 is 11.6 Å². The molecule has 190 valence electrons. The Balaban J connectivity index is 1.66. The normalized spacial score (nSPS) is 14.7. The van der Waals surface area contributed by atoms with Crippen LogP contribution in [0.2, 0.25) is 5.02 Å². The number of nitrogens with zero attached hydrogens (tertiary/aromatic N) is 1. The number of halogens is 1. The third-order valence-electron chi connectivity index (χ3n) is 5.93. The number of barbiturate groups is 1. The fraction of sp³-hybridized carbons (Fsp3) is 0.207. The van der Waals surface area contributed by atoms with E-state index in [4.69, 9.17) is 21.1 Å². The van der Waals surface area contributed by atoms with Crippen molar-refractivity contribution in [1.29, 1.82) is 0 Å². The summed E-state index contributed by atoms with van der Waals surface area (Å²) in [5.74, 6) is -0.832. The lowest BCUT2D eigenvalue weighted by Crippen LogP contribution is -2.54. The highest BCUT2D eigenvalue weighted by Crippen LogP contribution is 2.38. The SMILES string of the molecule is COc1cc(/C=C2\C(=O)NC(=O)N(c3cc(C)ccc3C)C2=O)cc(Cl)c1OCc1cc(C)cc(C)c1. The van der Waals surface area contributed by atoms with Gasteiger partial charge >= 0.3 is 6.03 Å². The maximum atomic E-state index is 13.3. The molecule has 1 N–H and O–H groups in total. The molecule has 4 rings (SSSR count). The molecule has 1 fully saturated rings. The number of anilines is 1. The third kappa shape index (κ3) is 5.52. The second kappa shape index (κ2) is 10.5. The molecule has 0 radical (unpaired) electrons. The quantitative estimate of drug-likeness (QED) is 0.328. The molecule has 1 saturated heterocycles. The van der Waals surface area contributed by atoms with Crippen molar-refractivity contribution in [3.05, 3.63) is 92.5 Å². The summed E-state index contributed by atoms with van der Waals surface area (Å²) in [4.78, 5) is 39.5. The first-order chi connectivity index (χ1) is 17.6. The summed E-state index contributed by atoms with van der Waals surface area (Å²) < 4.78 is 11.5. The van der Waals surface area contributed by atoms with Gasteiger partial charge in [0.2, 0.25) is 0 Å². The standard InChI is InChI=1S/C29H27ClN2O5/c1-16-6-7-19(4)24(11-16)32-28(34)22(27(33)31-29(32)35)12-20-13-23(30)26(25(14-20)36-5)37-15-21-9-17(2)8-18(3)10-21/h6-14H,15H2,1-5H3,(H,31,33,35)/b22-12+. The highest BCUT2D eigenvalue weighted by Gasteiger charge is 2.37. The molecule has 8 heteroatoms. The van der Waals surface area contributed by atoms with Crippen molar-refractivity contribution in [3.8, 4) is 11.5 Å². The molecule has 0 bridgehead atoms. The van der Waals surface area contributed by atoms with Gasteiger partial charge in [0.05, 0.1) is 17.8 Å². The molecule has 0 saturated carbocycles. The number of rotatable bonds is 6. The lowest BCUT2D eigenvalue weighted by molar-refractivity contribution is -0.122. The minimum absolute atomic E-state index is 0.206. The number of carbonyl (C=O) groups is 3. The van der Waals surface area contributed by atoms with E-state index in [-0.39, 0.29) is 17.2 Å². The Morgan fingerprint density at radius 3 is 2.30 bits per heavy atom.